The van der Waals surface area contributed by atoms with Gasteiger partial charge in [-0.15, -0.1) is 0 Å². The van der Waals surface area contributed by atoms with Crippen molar-refractivity contribution in [1.82, 2.24) is 0 Å². The SMILES string of the molecule is FC(F)(F)c1cc([B-](c2cc(C(F)(F)F)cc(C(F)(F)F)c2)(c2cc(C(F)(F)F)cc(C(F)(F)F)c2)c2cc(C(F)(F)F)cc(C(F)(F)F)c2)cc(C(F)(F)F)c1.N#CCc1c2ccccc2cc[n+]1Cc1ccccc1. The predicted molar refractivity (Wildman–Crippen MR) is 229 cm³/mol. The summed E-state index contributed by atoms with van der Waals surface area (Å²) in [5.41, 5.74) is -27.9. The van der Waals surface area contributed by atoms with Crippen LogP contribution in [0.5, 0.6) is 0 Å². The summed E-state index contributed by atoms with van der Waals surface area (Å²) in [6.07, 6.45) is -52.3. The van der Waals surface area contributed by atoms with Crippen LogP contribution in [0, 0.1) is 11.3 Å². The Hall–Kier alpha value is -7.40. The number of halogens is 24. The Morgan fingerprint density at radius 2 is 0.623 bits per heavy atom. The first kappa shape index (κ1) is 58.9. The Bertz CT molecular complexity index is 2880. The minimum Gasteiger partial charge on any atom is -0.198 e. The van der Waals surface area contributed by atoms with E-state index < -0.39 is 195 Å². The number of hydrogen-bond acceptors (Lipinski definition) is 1. The van der Waals surface area contributed by atoms with Crippen LogP contribution in [0.15, 0.2) is 140 Å². The summed E-state index contributed by atoms with van der Waals surface area (Å²) in [5, 5.41) is 11.4. The minimum absolute atomic E-state index is 0.425. The highest BCUT2D eigenvalue weighted by molar-refractivity contribution is 7.20. The Kier molecular flexibility index (Phi) is 15.7. The second kappa shape index (κ2) is 20.5. The molecule has 6 aromatic carbocycles. The van der Waals surface area contributed by atoms with Crippen molar-refractivity contribution in [3.63, 3.8) is 0 Å². The average molecular weight is 1120 g/mol. The van der Waals surface area contributed by atoms with Crippen LogP contribution >= 0.6 is 0 Å². The molecule has 0 amide bonds. The van der Waals surface area contributed by atoms with Crippen molar-refractivity contribution in [2.75, 3.05) is 0 Å². The molecule has 1 heterocycles. The standard InChI is InChI=1S/C32H12BF24.C18H15N2/c34-25(35,36)13-1-14(26(37,38)39)6-21(5-13)33(22-7-15(27(40,41)42)2-16(8-22)28(43,44)45,23-9-17(29(46,47)48)3-18(10-23)30(49,50)51)24-11-19(31(52,53)54)4-20(12-24)32(55,56)57;19-12-10-18-17-9-5-4-8-16(17)11-13-20(18)14-15-6-2-1-3-7-15/h1-12H;1-9,11,13H,10,14H2/q-1;+1. The number of fused-ring (bicyclic) bond motifs is 1. The Balaban J connectivity index is 0.000000397. The monoisotopic (exact) mass is 1120 g/mol. The molecule has 0 aliphatic rings. The van der Waals surface area contributed by atoms with E-state index in [4.69, 9.17) is 5.26 Å². The molecule has 0 aliphatic carbocycles. The van der Waals surface area contributed by atoms with E-state index in [1.165, 1.54) is 10.9 Å². The van der Waals surface area contributed by atoms with Gasteiger partial charge in [0.1, 0.15) is 12.6 Å². The van der Waals surface area contributed by atoms with Gasteiger partial charge in [0.25, 0.3) is 0 Å². The lowest BCUT2D eigenvalue weighted by molar-refractivity contribution is -0.693. The number of hydrogen-bond donors (Lipinski definition) is 0. The van der Waals surface area contributed by atoms with Crippen molar-refractivity contribution in [3.05, 3.63) is 195 Å². The Morgan fingerprint density at radius 3 is 0.896 bits per heavy atom. The largest absolute Gasteiger partial charge is 0.416 e. The van der Waals surface area contributed by atoms with Crippen molar-refractivity contribution >= 4 is 38.8 Å². The zero-order valence-corrected chi connectivity index (χ0v) is 37.7. The lowest BCUT2D eigenvalue weighted by Gasteiger charge is -2.46. The van der Waals surface area contributed by atoms with Crippen LogP contribution in [-0.2, 0) is 62.4 Å². The molecule has 0 saturated heterocycles. The second-order valence-electron chi connectivity index (χ2n) is 17.0. The quantitative estimate of drug-likeness (QED) is 0.0888. The zero-order valence-electron chi connectivity index (χ0n) is 37.7. The van der Waals surface area contributed by atoms with E-state index in [1.54, 1.807) is 0 Å². The van der Waals surface area contributed by atoms with E-state index >= 15 is 0 Å². The maximum absolute atomic E-state index is 14.2. The van der Waals surface area contributed by atoms with Gasteiger partial charge in [-0.2, -0.15) is 137 Å². The van der Waals surface area contributed by atoms with E-state index in [9.17, 15) is 105 Å². The van der Waals surface area contributed by atoms with Gasteiger partial charge in [0, 0.05) is 11.6 Å². The summed E-state index contributed by atoms with van der Waals surface area (Å²) < 4.78 is 343. The van der Waals surface area contributed by atoms with Gasteiger partial charge in [0.2, 0.25) is 5.69 Å². The molecule has 408 valence electrons. The van der Waals surface area contributed by atoms with Gasteiger partial charge < -0.3 is 0 Å². The van der Waals surface area contributed by atoms with Crippen molar-refractivity contribution in [2.45, 2.75) is 62.4 Å². The molecule has 0 atom stereocenters. The summed E-state index contributed by atoms with van der Waals surface area (Å²) in [4.78, 5) is 0. The average Bonchev–Trinajstić information content (AvgIpc) is 3.30. The highest BCUT2D eigenvalue weighted by Gasteiger charge is 2.47. The predicted octanol–water partition coefficient (Wildman–Crippen LogP) is 14.5. The fraction of sp³-hybridized carbons (Fsp3) is 0.200. The Morgan fingerprint density at radius 1 is 0.351 bits per heavy atom. The molecule has 7 aromatic rings. The van der Waals surface area contributed by atoms with Crippen LogP contribution in [0.1, 0.15) is 55.8 Å². The number of nitrogens with zero attached hydrogens (tertiary/aromatic N) is 2. The van der Waals surface area contributed by atoms with Crippen molar-refractivity contribution in [3.8, 4) is 6.07 Å². The molecule has 77 heavy (non-hydrogen) atoms. The number of aromatic nitrogens is 1. The summed E-state index contributed by atoms with van der Waals surface area (Å²) in [7, 11) is 0. The normalized spacial score (nSPS) is 13.3. The third kappa shape index (κ3) is 13.2. The fourth-order valence-corrected chi connectivity index (χ4v) is 8.59. The van der Waals surface area contributed by atoms with Gasteiger partial charge >= 0.3 is 49.4 Å². The molecule has 27 heteroatoms. The fourth-order valence-electron chi connectivity index (χ4n) is 8.59. The van der Waals surface area contributed by atoms with Crippen LogP contribution in [0.25, 0.3) is 10.8 Å². The summed E-state index contributed by atoms with van der Waals surface area (Å²) in [6, 6.07) is 14.1. The lowest BCUT2D eigenvalue weighted by Crippen LogP contribution is -2.75. The molecule has 7 rings (SSSR count). The Labute approximate surface area is 417 Å². The number of pyridine rings is 1. The van der Waals surface area contributed by atoms with Crippen molar-refractivity contribution in [1.29, 1.82) is 5.26 Å². The van der Waals surface area contributed by atoms with E-state index in [0.717, 1.165) is 17.6 Å². The first-order valence-corrected chi connectivity index (χ1v) is 21.3. The molecule has 0 unspecified atom stereocenters. The molecule has 0 saturated carbocycles. The first-order valence-electron chi connectivity index (χ1n) is 21.3. The second-order valence-corrected chi connectivity index (χ2v) is 17.0. The number of alkyl halides is 24. The number of nitriles is 1. The molecule has 0 spiro atoms. The highest BCUT2D eigenvalue weighted by atomic mass is 19.4. The molecule has 2 nitrogen and oxygen atoms in total. The molecular weight excluding hydrogens is 1100 g/mol. The molecule has 0 aliphatic heterocycles. The first-order chi connectivity index (χ1) is 35.1. The smallest absolute Gasteiger partial charge is 0.198 e. The minimum atomic E-state index is -6.13. The van der Waals surface area contributed by atoms with Gasteiger partial charge in [-0.05, 0) is 35.7 Å². The van der Waals surface area contributed by atoms with Crippen molar-refractivity contribution < 1.29 is 110 Å². The van der Waals surface area contributed by atoms with Crippen LogP contribution < -0.4 is 26.4 Å². The highest BCUT2D eigenvalue weighted by Crippen LogP contribution is 2.41. The maximum Gasteiger partial charge on any atom is 0.416 e. The van der Waals surface area contributed by atoms with Gasteiger partial charge in [-0.25, -0.2) is 0 Å². The summed E-state index contributed by atoms with van der Waals surface area (Å²) >= 11 is 0. The van der Waals surface area contributed by atoms with Crippen LogP contribution in [0.4, 0.5) is 105 Å². The van der Waals surface area contributed by atoms with Gasteiger partial charge in [0.15, 0.2) is 12.7 Å². The van der Waals surface area contributed by atoms with E-state index in [0.29, 0.717) is 6.42 Å². The van der Waals surface area contributed by atoms with Crippen LogP contribution in [0.3, 0.4) is 0 Å². The third-order valence-corrected chi connectivity index (χ3v) is 11.9. The van der Waals surface area contributed by atoms with E-state index in [2.05, 4.69) is 47.2 Å². The molecule has 1 aromatic heterocycles. The lowest BCUT2D eigenvalue weighted by atomic mass is 9.12. The zero-order chi connectivity index (χ0) is 57.7. The molecule has 0 fully saturated rings. The summed E-state index contributed by atoms with van der Waals surface area (Å²) in [5.74, 6) is 0. The van der Waals surface area contributed by atoms with Gasteiger partial charge in [0.05, 0.1) is 56.0 Å². The van der Waals surface area contributed by atoms with Gasteiger partial charge in [-0.3, -0.25) is 0 Å². The summed E-state index contributed by atoms with van der Waals surface area (Å²) in [6.45, 7) is 0.794. The van der Waals surface area contributed by atoms with Crippen molar-refractivity contribution in [2.24, 2.45) is 0 Å². The van der Waals surface area contributed by atoms with Crippen LogP contribution in [-0.4, -0.2) is 6.15 Å². The van der Waals surface area contributed by atoms with E-state index in [-0.39, 0.29) is 0 Å². The molecular formula is C50H27BF24N2. The number of benzene rings is 6. The molecule has 0 N–H and O–H groups in total. The van der Waals surface area contributed by atoms with Gasteiger partial charge in [-0.1, -0.05) is 97.1 Å². The topological polar surface area (TPSA) is 27.7 Å². The van der Waals surface area contributed by atoms with E-state index in [1.807, 2.05) is 30.3 Å². The maximum atomic E-state index is 14.2. The van der Waals surface area contributed by atoms with Crippen LogP contribution in [0.2, 0.25) is 0 Å². The number of rotatable bonds is 7. The third-order valence-electron chi connectivity index (χ3n) is 11.9. The molecule has 0 radical (unpaired) electrons. The molecule has 0 bridgehead atoms.